The normalized spacial score (nSPS) is 16.0. The van der Waals surface area contributed by atoms with Crippen molar-refractivity contribution in [2.75, 3.05) is 31.1 Å². The summed E-state index contributed by atoms with van der Waals surface area (Å²) in [7, 11) is 0. The minimum atomic E-state index is -0.688. The van der Waals surface area contributed by atoms with Gasteiger partial charge >= 0.3 is 6.09 Å². The SMILES string of the molecule is Cc1cc(N2CCN(C(=O)OC(C)(C)C)CC2)ncc1[C@@H](O)c1ccccc1. The van der Waals surface area contributed by atoms with Crippen LogP contribution in [0.3, 0.4) is 0 Å². The lowest BCUT2D eigenvalue weighted by Gasteiger charge is -2.36. The van der Waals surface area contributed by atoms with E-state index in [9.17, 15) is 9.90 Å². The molecule has 1 N–H and O–H groups in total. The number of nitrogens with zero attached hydrogens (tertiary/aromatic N) is 3. The van der Waals surface area contributed by atoms with Gasteiger partial charge in [0, 0.05) is 37.9 Å². The topological polar surface area (TPSA) is 65.9 Å². The van der Waals surface area contributed by atoms with Gasteiger partial charge in [-0.2, -0.15) is 0 Å². The van der Waals surface area contributed by atoms with Gasteiger partial charge in [-0.15, -0.1) is 0 Å². The van der Waals surface area contributed by atoms with Gasteiger partial charge < -0.3 is 19.6 Å². The summed E-state index contributed by atoms with van der Waals surface area (Å²) in [6, 6.07) is 11.6. The van der Waals surface area contributed by atoms with Crippen LogP contribution in [0.4, 0.5) is 10.6 Å². The van der Waals surface area contributed by atoms with Crippen molar-refractivity contribution in [2.45, 2.75) is 39.4 Å². The molecule has 2 aromatic rings. The number of amides is 1. The second kappa shape index (κ2) is 8.19. The van der Waals surface area contributed by atoms with Crippen LogP contribution in [0.1, 0.15) is 43.6 Å². The van der Waals surface area contributed by atoms with Gasteiger partial charge in [0.1, 0.15) is 17.5 Å². The zero-order chi connectivity index (χ0) is 20.3. The molecule has 150 valence electrons. The van der Waals surface area contributed by atoms with E-state index >= 15 is 0 Å². The summed E-state index contributed by atoms with van der Waals surface area (Å²) in [4.78, 5) is 20.7. The van der Waals surface area contributed by atoms with Gasteiger partial charge in [0.05, 0.1) is 0 Å². The first kappa shape index (κ1) is 20.1. The van der Waals surface area contributed by atoms with E-state index in [1.165, 1.54) is 0 Å². The molecule has 1 aromatic carbocycles. The molecule has 0 radical (unpaired) electrons. The van der Waals surface area contributed by atoms with Crippen LogP contribution in [0.5, 0.6) is 0 Å². The van der Waals surface area contributed by atoms with E-state index in [0.29, 0.717) is 26.2 Å². The van der Waals surface area contributed by atoms with E-state index in [1.807, 2.05) is 64.1 Å². The molecule has 6 heteroatoms. The van der Waals surface area contributed by atoms with Gasteiger partial charge in [0.15, 0.2) is 0 Å². The van der Waals surface area contributed by atoms with Crippen LogP contribution >= 0.6 is 0 Å². The second-order valence-corrected chi connectivity index (χ2v) is 8.17. The number of piperazine rings is 1. The highest BCUT2D eigenvalue weighted by Crippen LogP contribution is 2.26. The lowest BCUT2D eigenvalue weighted by Crippen LogP contribution is -2.50. The summed E-state index contributed by atoms with van der Waals surface area (Å²) in [6.45, 7) is 10.2. The number of aryl methyl sites for hydroxylation is 1. The number of anilines is 1. The van der Waals surface area contributed by atoms with E-state index in [1.54, 1.807) is 11.1 Å². The lowest BCUT2D eigenvalue weighted by molar-refractivity contribution is 0.0240. The van der Waals surface area contributed by atoms with E-state index in [4.69, 9.17) is 4.74 Å². The Morgan fingerprint density at radius 3 is 2.36 bits per heavy atom. The number of hydrogen-bond donors (Lipinski definition) is 1. The quantitative estimate of drug-likeness (QED) is 0.878. The molecule has 1 aliphatic heterocycles. The number of pyridine rings is 1. The zero-order valence-corrected chi connectivity index (χ0v) is 17.1. The molecule has 1 fully saturated rings. The summed E-state index contributed by atoms with van der Waals surface area (Å²) in [5.41, 5.74) is 2.17. The maximum Gasteiger partial charge on any atom is 0.410 e. The molecule has 1 aliphatic rings. The minimum absolute atomic E-state index is 0.266. The van der Waals surface area contributed by atoms with Crippen molar-refractivity contribution in [3.8, 4) is 0 Å². The van der Waals surface area contributed by atoms with Gasteiger partial charge in [-0.1, -0.05) is 30.3 Å². The number of ether oxygens (including phenoxy) is 1. The maximum atomic E-state index is 12.2. The van der Waals surface area contributed by atoms with Crippen molar-refractivity contribution in [2.24, 2.45) is 0 Å². The van der Waals surface area contributed by atoms with Gasteiger partial charge in [0.2, 0.25) is 0 Å². The van der Waals surface area contributed by atoms with Crippen LogP contribution in [0.15, 0.2) is 42.6 Å². The first-order chi connectivity index (χ1) is 13.2. The predicted octanol–water partition coefficient (Wildman–Crippen LogP) is 3.53. The first-order valence-electron chi connectivity index (χ1n) is 9.67. The Hall–Kier alpha value is -2.60. The Bertz CT molecular complexity index is 810. The van der Waals surface area contributed by atoms with Crippen LogP contribution in [-0.2, 0) is 4.74 Å². The number of aromatic nitrogens is 1. The van der Waals surface area contributed by atoms with Crippen LogP contribution in [0.25, 0.3) is 0 Å². The molecule has 1 atom stereocenters. The second-order valence-electron chi connectivity index (χ2n) is 8.17. The number of benzene rings is 1. The van der Waals surface area contributed by atoms with Crippen LogP contribution in [0.2, 0.25) is 0 Å². The molecule has 2 heterocycles. The Kier molecular flexibility index (Phi) is 5.89. The molecular weight excluding hydrogens is 354 g/mol. The highest BCUT2D eigenvalue weighted by Gasteiger charge is 2.26. The van der Waals surface area contributed by atoms with Gasteiger partial charge in [-0.05, 0) is 44.9 Å². The summed E-state index contributed by atoms with van der Waals surface area (Å²) >= 11 is 0. The minimum Gasteiger partial charge on any atom is -0.444 e. The number of aliphatic hydroxyl groups excluding tert-OH is 1. The summed E-state index contributed by atoms with van der Waals surface area (Å²) in [5, 5.41) is 10.7. The average molecular weight is 383 g/mol. The van der Waals surface area contributed by atoms with Crippen LogP contribution < -0.4 is 4.90 Å². The molecule has 0 unspecified atom stereocenters. The molecule has 0 spiro atoms. The van der Waals surface area contributed by atoms with E-state index < -0.39 is 11.7 Å². The standard InChI is InChI=1S/C22H29N3O3/c1-16-14-19(23-15-18(16)20(26)17-8-6-5-7-9-17)24-10-12-25(13-11-24)21(27)28-22(2,3)4/h5-9,14-15,20,26H,10-13H2,1-4H3/t20-/m0/s1. The van der Waals surface area contributed by atoms with Gasteiger partial charge in [0.25, 0.3) is 0 Å². The Labute approximate surface area is 166 Å². The number of rotatable bonds is 3. The summed E-state index contributed by atoms with van der Waals surface area (Å²) in [5.74, 6) is 0.866. The third kappa shape index (κ3) is 4.81. The van der Waals surface area contributed by atoms with Crippen molar-refractivity contribution in [1.82, 2.24) is 9.88 Å². The molecule has 0 bridgehead atoms. The van der Waals surface area contributed by atoms with Crippen LogP contribution in [-0.4, -0.2) is 52.9 Å². The van der Waals surface area contributed by atoms with Crippen molar-refractivity contribution in [1.29, 1.82) is 0 Å². The van der Waals surface area contributed by atoms with Crippen LogP contribution in [0, 0.1) is 6.92 Å². The number of carbonyl (C=O) groups is 1. The maximum absolute atomic E-state index is 12.2. The lowest BCUT2D eigenvalue weighted by atomic mass is 9.99. The van der Waals surface area contributed by atoms with Crippen molar-refractivity contribution in [3.63, 3.8) is 0 Å². The Morgan fingerprint density at radius 1 is 1.14 bits per heavy atom. The molecule has 1 aromatic heterocycles. The van der Waals surface area contributed by atoms with Gasteiger partial charge in [-0.25, -0.2) is 9.78 Å². The average Bonchev–Trinajstić information content (AvgIpc) is 2.67. The smallest absolute Gasteiger partial charge is 0.410 e. The molecule has 28 heavy (non-hydrogen) atoms. The molecule has 0 saturated carbocycles. The molecule has 0 aliphatic carbocycles. The van der Waals surface area contributed by atoms with Crippen molar-refractivity contribution < 1.29 is 14.6 Å². The highest BCUT2D eigenvalue weighted by molar-refractivity contribution is 5.68. The number of aliphatic hydroxyl groups is 1. The number of carbonyl (C=O) groups excluding carboxylic acids is 1. The fourth-order valence-corrected chi connectivity index (χ4v) is 3.27. The third-order valence-electron chi connectivity index (χ3n) is 4.80. The summed E-state index contributed by atoms with van der Waals surface area (Å²) in [6.07, 6.45) is 0.798. The third-order valence-corrected chi connectivity index (χ3v) is 4.80. The largest absolute Gasteiger partial charge is 0.444 e. The predicted molar refractivity (Wildman–Crippen MR) is 109 cm³/mol. The number of hydrogen-bond acceptors (Lipinski definition) is 5. The fourth-order valence-electron chi connectivity index (χ4n) is 3.27. The van der Waals surface area contributed by atoms with Gasteiger partial charge in [-0.3, -0.25) is 0 Å². The zero-order valence-electron chi connectivity index (χ0n) is 17.1. The molecule has 6 nitrogen and oxygen atoms in total. The first-order valence-corrected chi connectivity index (χ1v) is 9.67. The van der Waals surface area contributed by atoms with E-state index in [2.05, 4.69) is 9.88 Å². The van der Waals surface area contributed by atoms with E-state index in [-0.39, 0.29) is 6.09 Å². The monoisotopic (exact) mass is 383 g/mol. The van der Waals surface area contributed by atoms with Crippen molar-refractivity contribution in [3.05, 3.63) is 59.3 Å². The fraction of sp³-hybridized carbons (Fsp3) is 0.455. The molecular formula is C22H29N3O3. The summed E-state index contributed by atoms with van der Waals surface area (Å²) < 4.78 is 5.45. The molecule has 1 saturated heterocycles. The molecule has 1 amide bonds. The Morgan fingerprint density at radius 2 is 1.79 bits per heavy atom. The Balaban J connectivity index is 1.65. The van der Waals surface area contributed by atoms with E-state index in [0.717, 1.165) is 22.5 Å². The highest BCUT2D eigenvalue weighted by atomic mass is 16.6. The molecule has 3 rings (SSSR count). The van der Waals surface area contributed by atoms with Crippen molar-refractivity contribution >= 4 is 11.9 Å².